The molecule has 0 unspecified atom stereocenters. The van der Waals surface area contributed by atoms with E-state index in [4.69, 9.17) is 0 Å². The second kappa shape index (κ2) is 8.16. The van der Waals surface area contributed by atoms with E-state index in [1.807, 2.05) is 37.3 Å². The Morgan fingerprint density at radius 3 is 2.73 bits per heavy atom. The van der Waals surface area contributed by atoms with Gasteiger partial charge in [-0.2, -0.15) is 0 Å². The minimum atomic E-state index is -0.112. The maximum Gasteiger partial charge on any atom is 0.326 e. The predicted octanol–water partition coefficient (Wildman–Crippen LogP) is 3.14. The fourth-order valence-corrected chi connectivity index (χ4v) is 2.84. The molecule has 0 saturated heterocycles. The van der Waals surface area contributed by atoms with Crippen molar-refractivity contribution in [3.05, 3.63) is 59.0 Å². The Hall–Kier alpha value is -2.64. The van der Waals surface area contributed by atoms with Crippen LogP contribution in [0.5, 0.6) is 0 Å². The molecule has 0 amide bonds. The zero-order valence-electron chi connectivity index (χ0n) is 14.0. The van der Waals surface area contributed by atoms with Crippen molar-refractivity contribution in [3.63, 3.8) is 0 Å². The van der Waals surface area contributed by atoms with E-state index in [0.29, 0.717) is 13.1 Å². The highest BCUT2D eigenvalue weighted by atomic mass is 35.5. The summed E-state index contributed by atoms with van der Waals surface area (Å²) in [5, 5.41) is 4.16. The lowest BCUT2D eigenvalue weighted by Gasteiger charge is -2.08. The van der Waals surface area contributed by atoms with Crippen LogP contribution in [0.3, 0.4) is 0 Å². The summed E-state index contributed by atoms with van der Waals surface area (Å²) in [5.74, 6) is 0.720. The van der Waals surface area contributed by atoms with Crippen LogP contribution in [-0.4, -0.2) is 24.5 Å². The van der Waals surface area contributed by atoms with E-state index < -0.39 is 0 Å². The number of aromatic amines is 1. The summed E-state index contributed by atoms with van der Waals surface area (Å²) < 4.78 is 1.69. The normalized spacial score (nSPS) is 10.3. The summed E-state index contributed by atoms with van der Waals surface area (Å²) >= 11 is 0. The van der Waals surface area contributed by atoms with Gasteiger partial charge in [0.1, 0.15) is 12.1 Å². The fraction of sp³-hybridized carbons (Fsp3) is 0.176. The second-order valence-electron chi connectivity index (χ2n) is 5.46. The minimum absolute atomic E-state index is 0. The third-order valence-corrected chi connectivity index (χ3v) is 4.01. The summed E-state index contributed by atoms with van der Waals surface area (Å²) in [5.41, 5.74) is 3.24. The Morgan fingerprint density at radius 2 is 2.00 bits per heavy atom. The largest absolute Gasteiger partial charge is 0.364 e. The number of rotatable bonds is 4. The van der Waals surface area contributed by atoms with Gasteiger partial charge in [-0.15, -0.1) is 24.8 Å². The first-order valence-corrected chi connectivity index (χ1v) is 7.77. The molecule has 0 saturated carbocycles. The summed E-state index contributed by atoms with van der Waals surface area (Å²) in [4.78, 5) is 27.8. The van der Waals surface area contributed by atoms with Crippen molar-refractivity contribution in [2.24, 2.45) is 0 Å². The van der Waals surface area contributed by atoms with E-state index in [1.54, 1.807) is 10.8 Å². The van der Waals surface area contributed by atoms with Gasteiger partial charge in [0.15, 0.2) is 0 Å². The predicted molar refractivity (Wildman–Crippen MR) is 107 cm³/mol. The molecule has 26 heavy (non-hydrogen) atoms. The monoisotopic (exact) mass is 392 g/mol. The van der Waals surface area contributed by atoms with Crippen molar-refractivity contribution in [2.45, 2.75) is 20.0 Å². The quantitative estimate of drug-likeness (QED) is 0.556. The highest BCUT2D eigenvalue weighted by Crippen LogP contribution is 2.24. The van der Waals surface area contributed by atoms with Crippen LogP contribution in [0.15, 0.2) is 47.7 Å². The molecule has 2 N–H and O–H groups in total. The molecule has 4 aromatic rings. The van der Waals surface area contributed by atoms with Crippen molar-refractivity contribution in [1.29, 1.82) is 0 Å². The zero-order valence-corrected chi connectivity index (χ0v) is 15.6. The van der Waals surface area contributed by atoms with Gasteiger partial charge in [-0.1, -0.05) is 6.07 Å². The van der Waals surface area contributed by atoms with Crippen LogP contribution in [-0.2, 0) is 13.1 Å². The van der Waals surface area contributed by atoms with Crippen LogP contribution in [0, 0.1) is 0 Å². The van der Waals surface area contributed by atoms with Gasteiger partial charge in [0.05, 0.1) is 28.8 Å². The van der Waals surface area contributed by atoms with Gasteiger partial charge < -0.3 is 10.3 Å². The lowest BCUT2D eigenvalue weighted by molar-refractivity contribution is 0.753. The van der Waals surface area contributed by atoms with Crippen LogP contribution >= 0.6 is 24.8 Å². The molecule has 0 aliphatic carbocycles. The molecular weight excluding hydrogens is 375 g/mol. The topological polar surface area (TPSA) is 88.5 Å². The lowest BCUT2D eigenvalue weighted by Crippen LogP contribution is -2.14. The SMILES string of the molecule is CCn1c(=O)[nH]c2cc3c(NCc4ccccn4)ncnc3cc21.Cl.Cl. The average molecular weight is 393 g/mol. The molecule has 9 heteroatoms. The molecule has 0 aliphatic rings. The van der Waals surface area contributed by atoms with Gasteiger partial charge in [0.2, 0.25) is 0 Å². The van der Waals surface area contributed by atoms with Crippen LogP contribution < -0.4 is 11.0 Å². The Labute approximate surface area is 161 Å². The Morgan fingerprint density at radius 1 is 1.15 bits per heavy atom. The highest BCUT2D eigenvalue weighted by molar-refractivity contribution is 5.98. The molecule has 3 aromatic heterocycles. The lowest BCUT2D eigenvalue weighted by atomic mass is 10.2. The van der Waals surface area contributed by atoms with Gasteiger partial charge in [0, 0.05) is 18.1 Å². The summed E-state index contributed by atoms with van der Waals surface area (Å²) in [6.07, 6.45) is 3.28. The third-order valence-electron chi connectivity index (χ3n) is 4.01. The molecule has 0 aliphatic heterocycles. The third kappa shape index (κ3) is 3.49. The standard InChI is InChI=1S/C17H16N6O.2ClH/c1-2-23-15-8-13-12(7-14(15)22-17(23)24)16(21-10-20-13)19-9-11-5-3-4-6-18-11;;/h3-8,10H,2,9H2,1H3,(H,22,24)(H,19,20,21);2*1H. The molecule has 0 atom stereocenters. The highest BCUT2D eigenvalue weighted by Gasteiger charge is 2.10. The van der Waals surface area contributed by atoms with Crippen molar-refractivity contribution in [2.75, 3.05) is 5.32 Å². The van der Waals surface area contributed by atoms with Crippen LogP contribution in [0.1, 0.15) is 12.6 Å². The number of hydrogen-bond donors (Lipinski definition) is 2. The van der Waals surface area contributed by atoms with E-state index in [2.05, 4.69) is 25.3 Å². The summed E-state index contributed by atoms with van der Waals surface area (Å²) in [6.45, 7) is 3.12. The average Bonchev–Trinajstić information content (AvgIpc) is 2.93. The first-order chi connectivity index (χ1) is 11.8. The molecule has 136 valence electrons. The maximum absolute atomic E-state index is 12.0. The number of nitrogens with one attached hydrogen (secondary N) is 2. The van der Waals surface area contributed by atoms with Gasteiger partial charge in [-0.3, -0.25) is 9.55 Å². The van der Waals surface area contributed by atoms with Gasteiger partial charge in [0.25, 0.3) is 0 Å². The van der Waals surface area contributed by atoms with Gasteiger partial charge in [-0.05, 0) is 31.2 Å². The molecule has 7 nitrogen and oxygen atoms in total. The van der Waals surface area contributed by atoms with E-state index >= 15 is 0 Å². The summed E-state index contributed by atoms with van der Waals surface area (Å²) in [7, 11) is 0. The molecular formula is C17H18Cl2N6O. The maximum atomic E-state index is 12.0. The first kappa shape index (κ1) is 19.7. The van der Waals surface area contributed by atoms with Crippen LogP contribution in [0.25, 0.3) is 21.9 Å². The Bertz CT molecular complexity index is 1080. The summed E-state index contributed by atoms with van der Waals surface area (Å²) in [6, 6.07) is 9.62. The zero-order chi connectivity index (χ0) is 16.5. The molecule has 0 radical (unpaired) electrons. The van der Waals surface area contributed by atoms with Gasteiger partial charge in [-0.25, -0.2) is 14.8 Å². The number of hydrogen-bond acceptors (Lipinski definition) is 5. The number of benzene rings is 1. The molecule has 4 rings (SSSR count). The van der Waals surface area contributed by atoms with Gasteiger partial charge >= 0.3 is 5.69 Å². The van der Waals surface area contributed by atoms with Crippen molar-refractivity contribution >= 4 is 52.6 Å². The minimum Gasteiger partial charge on any atom is -0.364 e. The first-order valence-electron chi connectivity index (χ1n) is 7.77. The molecule has 0 spiro atoms. The van der Waals surface area contributed by atoms with E-state index in [0.717, 1.165) is 33.4 Å². The van der Waals surface area contributed by atoms with E-state index in [9.17, 15) is 4.79 Å². The molecule has 0 fully saturated rings. The molecule has 1 aromatic carbocycles. The second-order valence-corrected chi connectivity index (χ2v) is 5.46. The Balaban J connectivity index is 0.00000121. The molecule has 0 bridgehead atoms. The number of halogens is 2. The Kier molecular flexibility index (Phi) is 6.18. The van der Waals surface area contributed by atoms with Crippen LogP contribution in [0.4, 0.5) is 5.82 Å². The number of nitrogens with zero attached hydrogens (tertiary/aromatic N) is 4. The number of H-pyrrole nitrogens is 1. The van der Waals surface area contributed by atoms with Crippen molar-refractivity contribution in [3.8, 4) is 0 Å². The number of imidazole rings is 1. The number of aromatic nitrogens is 5. The van der Waals surface area contributed by atoms with Crippen molar-refractivity contribution < 1.29 is 0 Å². The van der Waals surface area contributed by atoms with Crippen molar-refractivity contribution in [1.82, 2.24) is 24.5 Å². The van der Waals surface area contributed by atoms with Crippen LogP contribution in [0.2, 0.25) is 0 Å². The van der Waals surface area contributed by atoms with E-state index in [1.165, 1.54) is 6.33 Å². The number of pyridine rings is 1. The number of aryl methyl sites for hydroxylation is 1. The molecule has 3 heterocycles. The van der Waals surface area contributed by atoms with E-state index in [-0.39, 0.29) is 30.5 Å². The fourth-order valence-electron chi connectivity index (χ4n) is 2.84. The number of fused-ring (bicyclic) bond motifs is 2. The smallest absolute Gasteiger partial charge is 0.326 e. The number of anilines is 1.